The van der Waals surface area contributed by atoms with E-state index in [1.807, 2.05) is 49.4 Å². The summed E-state index contributed by atoms with van der Waals surface area (Å²) < 4.78 is 11.4. The van der Waals surface area contributed by atoms with Crippen LogP contribution in [0, 0.1) is 11.8 Å². The standard InChI is InChI=1S/C19H21NO4/c1-2-10-23-18(22)15-14-8-9-19(24-14)12-20(17(21)16(15)19)11-13-6-4-3-5-7-13/h3-9,14-16H,2,10-12H2,1H3/t14-,15-,16-,19+/m1/s1. The van der Waals surface area contributed by atoms with Crippen molar-refractivity contribution in [3.63, 3.8) is 0 Å². The minimum atomic E-state index is -0.660. The van der Waals surface area contributed by atoms with Crippen LogP contribution < -0.4 is 0 Å². The van der Waals surface area contributed by atoms with Gasteiger partial charge in [0.05, 0.1) is 25.2 Å². The van der Waals surface area contributed by atoms with E-state index >= 15 is 0 Å². The van der Waals surface area contributed by atoms with Crippen LogP contribution in [-0.2, 0) is 25.6 Å². The maximum absolute atomic E-state index is 13.0. The van der Waals surface area contributed by atoms with Gasteiger partial charge in [-0.3, -0.25) is 9.59 Å². The van der Waals surface area contributed by atoms with Gasteiger partial charge in [0.2, 0.25) is 5.91 Å². The van der Waals surface area contributed by atoms with Gasteiger partial charge >= 0.3 is 5.97 Å². The average molecular weight is 327 g/mol. The molecule has 2 saturated heterocycles. The highest BCUT2D eigenvalue weighted by Gasteiger charge is 2.67. The van der Waals surface area contributed by atoms with Gasteiger partial charge in [0.15, 0.2) is 0 Å². The lowest BCUT2D eigenvalue weighted by atomic mass is 9.77. The Morgan fingerprint density at radius 3 is 2.92 bits per heavy atom. The summed E-state index contributed by atoms with van der Waals surface area (Å²) in [6.45, 7) is 3.37. The van der Waals surface area contributed by atoms with E-state index in [-0.39, 0.29) is 18.0 Å². The van der Waals surface area contributed by atoms with Crippen molar-refractivity contribution >= 4 is 11.9 Å². The molecule has 0 unspecified atom stereocenters. The summed E-state index contributed by atoms with van der Waals surface area (Å²) in [4.78, 5) is 27.2. The fourth-order valence-electron chi connectivity index (χ4n) is 4.08. The Labute approximate surface area is 141 Å². The van der Waals surface area contributed by atoms with Crippen LogP contribution in [-0.4, -0.2) is 41.6 Å². The molecule has 1 aromatic rings. The van der Waals surface area contributed by atoms with Gasteiger partial charge in [0, 0.05) is 6.54 Å². The molecule has 0 N–H and O–H groups in total. The number of hydrogen-bond acceptors (Lipinski definition) is 4. The second-order valence-corrected chi connectivity index (χ2v) is 6.75. The zero-order valence-electron chi connectivity index (χ0n) is 13.7. The second-order valence-electron chi connectivity index (χ2n) is 6.75. The van der Waals surface area contributed by atoms with Gasteiger partial charge < -0.3 is 14.4 Å². The lowest BCUT2D eigenvalue weighted by Crippen LogP contribution is -2.40. The summed E-state index contributed by atoms with van der Waals surface area (Å²) in [5.74, 6) is -1.30. The molecule has 0 saturated carbocycles. The molecule has 1 spiro atoms. The van der Waals surface area contributed by atoms with Crippen molar-refractivity contribution in [3.05, 3.63) is 48.0 Å². The number of fused-ring (bicyclic) bond motifs is 1. The van der Waals surface area contributed by atoms with E-state index in [0.29, 0.717) is 19.7 Å². The predicted molar refractivity (Wildman–Crippen MR) is 86.8 cm³/mol. The SMILES string of the molecule is CCCOC(=O)[C@@H]1[C@H]2C=C[C@@]3(CN(Cc4ccccc4)C(=O)[C@@H]13)O2. The van der Waals surface area contributed by atoms with Crippen molar-refractivity contribution in [3.8, 4) is 0 Å². The monoisotopic (exact) mass is 327 g/mol. The summed E-state index contributed by atoms with van der Waals surface area (Å²) >= 11 is 0. The predicted octanol–water partition coefficient (Wildman–Crippen LogP) is 1.92. The lowest BCUT2D eigenvalue weighted by Gasteiger charge is -2.22. The largest absolute Gasteiger partial charge is 0.465 e. The average Bonchev–Trinajstić information content (AvgIpc) is 3.22. The van der Waals surface area contributed by atoms with Crippen LogP contribution in [0.2, 0.25) is 0 Å². The summed E-state index contributed by atoms with van der Waals surface area (Å²) in [6.07, 6.45) is 4.31. The van der Waals surface area contributed by atoms with Crippen LogP contribution in [0.3, 0.4) is 0 Å². The highest BCUT2D eigenvalue weighted by atomic mass is 16.6. The second kappa shape index (κ2) is 5.74. The van der Waals surface area contributed by atoms with Crippen LogP contribution >= 0.6 is 0 Å². The van der Waals surface area contributed by atoms with E-state index in [1.54, 1.807) is 4.90 Å². The minimum absolute atomic E-state index is 0.0100. The molecule has 5 nitrogen and oxygen atoms in total. The third kappa shape index (κ3) is 2.26. The molecular weight excluding hydrogens is 306 g/mol. The van der Waals surface area contributed by atoms with Crippen LogP contribution in [0.1, 0.15) is 18.9 Å². The molecule has 3 aliphatic rings. The van der Waals surface area contributed by atoms with Crippen LogP contribution in [0.15, 0.2) is 42.5 Å². The highest BCUT2D eigenvalue weighted by Crippen LogP contribution is 2.52. The fraction of sp³-hybridized carbons (Fsp3) is 0.474. The molecule has 24 heavy (non-hydrogen) atoms. The van der Waals surface area contributed by atoms with Gasteiger partial charge in [-0.05, 0) is 12.0 Å². The first-order valence-electron chi connectivity index (χ1n) is 8.51. The lowest BCUT2D eigenvalue weighted by molar-refractivity contribution is -0.153. The molecule has 0 aliphatic carbocycles. The zero-order valence-corrected chi connectivity index (χ0v) is 13.7. The minimum Gasteiger partial charge on any atom is -0.465 e. The summed E-state index contributed by atoms with van der Waals surface area (Å²) in [5, 5.41) is 0. The molecule has 3 heterocycles. The molecule has 4 atom stereocenters. The number of benzene rings is 1. The highest BCUT2D eigenvalue weighted by molar-refractivity contribution is 5.91. The topological polar surface area (TPSA) is 55.8 Å². The number of ether oxygens (including phenoxy) is 2. The van der Waals surface area contributed by atoms with Gasteiger partial charge in [-0.2, -0.15) is 0 Å². The molecule has 126 valence electrons. The number of carbonyl (C=O) groups is 2. The van der Waals surface area contributed by atoms with Gasteiger partial charge in [0.1, 0.15) is 11.5 Å². The van der Waals surface area contributed by atoms with Crippen molar-refractivity contribution in [2.75, 3.05) is 13.2 Å². The molecule has 0 radical (unpaired) electrons. The van der Waals surface area contributed by atoms with Crippen LogP contribution in [0.5, 0.6) is 0 Å². The Kier molecular flexibility index (Phi) is 3.68. The van der Waals surface area contributed by atoms with Gasteiger partial charge in [-0.25, -0.2) is 0 Å². The van der Waals surface area contributed by atoms with Crippen LogP contribution in [0.4, 0.5) is 0 Å². The smallest absolute Gasteiger partial charge is 0.312 e. The van der Waals surface area contributed by atoms with E-state index in [1.165, 1.54) is 0 Å². The Bertz CT molecular complexity index is 686. The number of hydrogen-bond donors (Lipinski definition) is 0. The van der Waals surface area contributed by atoms with E-state index in [9.17, 15) is 9.59 Å². The van der Waals surface area contributed by atoms with Gasteiger partial charge in [-0.1, -0.05) is 49.4 Å². The van der Waals surface area contributed by atoms with Crippen molar-refractivity contribution in [1.82, 2.24) is 4.90 Å². The van der Waals surface area contributed by atoms with Crippen molar-refractivity contribution in [1.29, 1.82) is 0 Å². The van der Waals surface area contributed by atoms with E-state index in [4.69, 9.17) is 9.47 Å². The first-order chi connectivity index (χ1) is 11.6. The summed E-state index contributed by atoms with van der Waals surface area (Å²) in [7, 11) is 0. The Hall–Kier alpha value is -2.14. The maximum atomic E-state index is 13.0. The first kappa shape index (κ1) is 15.4. The number of esters is 1. The number of carbonyl (C=O) groups excluding carboxylic acids is 2. The third-order valence-electron chi connectivity index (χ3n) is 5.12. The van der Waals surface area contributed by atoms with Crippen molar-refractivity contribution in [2.24, 2.45) is 11.8 Å². The van der Waals surface area contributed by atoms with Gasteiger partial charge in [-0.15, -0.1) is 0 Å². The Balaban J connectivity index is 1.56. The summed E-state index contributed by atoms with van der Waals surface area (Å²) in [6, 6.07) is 9.88. The maximum Gasteiger partial charge on any atom is 0.312 e. The molecule has 1 aromatic carbocycles. The quantitative estimate of drug-likeness (QED) is 0.612. The molecule has 4 rings (SSSR count). The van der Waals surface area contributed by atoms with E-state index < -0.39 is 17.4 Å². The van der Waals surface area contributed by atoms with Crippen LogP contribution in [0.25, 0.3) is 0 Å². The molecule has 5 heteroatoms. The Morgan fingerprint density at radius 1 is 1.38 bits per heavy atom. The van der Waals surface area contributed by atoms with Gasteiger partial charge in [0.25, 0.3) is 0 Å². The van der Waals surface area contributed by atoms with E-state index in [2.05, 4.69) is 0 Å². The Morgan fingerprint density at radius 2 is 2.17 bits per heavy atom. The molecule has 2 fully saturated rings. The number of nitrogens with zero attached hydrogens (tertiary/aromatic N) is 1. The summed E-state index contributed by atoms with van der Waals surface area (Å²) in [5.41, 5.74) is 0.415. The molecule has 0 aromatic heterocycles. The van der Waals surface area contributed by atoms with E-state index in [0.717, 1.165) is 12.0 Å². The van der Waals surface area contributed by atoms with Crippen molar-refractivity contribution < 1.29 is 19.1 Å². The fourth-order valence-corrected chi connectivity index (χ4v) is 4.08. The van der Waals surface area contributed by atoms with Crippen molar-refractivity contribution in [2.45, 2.75) is 31.6 Å². The molecule has 3 aliphatic heterocycles. The molecular formula is C19H21NO4. The molecule has 1 amide bonds. The molecule has 2 bridgehead atoms. The number of amides is 1. The first-order valence-corrected chi connectivity index (χ1v) is 8.51. The number of rotatable bonds is 5. The normalized spacial score (nSPS) is 33.1. The zero-order chi connectivity index (χ0) is 16.7. The third-order valence-corrected chi connectivity index (χ3v) is 5.12. The number of likely N-dealkylation sites (tertiary alicyclic amines) is 1.